The van der Waals surface area contributed by atoms with Gasteiger partial charge in [0.15, 0.2) is 0 Å². The van der Waals surface area contributed by atoms with Crippen molar-refractivity contribution in [3.8, 4) is 0 Å². The monoisotopic (exact) mass is 273 g/mol. The predicted octanol–water partition coefficient (Wildman–Crippen LogP) is 3.82. The fraction of sp³-hybridized carbons (Fsp3) is 1.00. The largest absolute Gasteiger partial charge is 0.303 e. The second kappa shape index (κ2) is 6.24. The van der Waals surface area contributed by atoms with Gasteiger partial charge in [-0.25, -0.2) is 0 Å². The fourth-order valence-corrected chi connectivity index (χ4v) is 3.38. The first-order chi connectivity index (χ1) is 7.34. The quantitative estimate of drug-likeness (QED) is 0.707. The molecule has 1 saturated heterocycles. The maximum absolute atomic E-state index is 3.72. The summed E-state index contributed by atoms with van der Waals surface area (Å²) in [6, 6.07) is 0. The van der Waals surface area contributed by atoms with Gasteiger partial charge in [0, 0.05) is 4.83 Å². The highest BCUT2D eigenvalue weighted by Crippen LogP contribution is 2.27. The van der Waals surface area contributed by atoms with E-state index in [4.69, 9.17) is 0 Å². The Morgan fingerprint density at radius 1 is 0.933 bits per heavy atom. The van der Waals surface area contributed by atoms with Crippen molar-refractivity contribution in [2.75, 3.05) is 19.6 Å². The Morgan fingerprint density at radius 3 is 2.27 bits per heavy atom. The molecule has 2 rings (SSSR count). The summed E-state index contributed by atoms with van der Waals surface area (Å²) in [5, 5.41) is 0. The Balaban J connectivity index is 1.60. The molecule has 0 unspecified atom stereocenters. The summed E-state index contributed by atoms with van der Waals surface area (Å²) in [6.07, 6.45) is 11.7. The third-order valence-electron chi connectivity index (χ3n) is 4.10. The number of halogens is 1. The van der Waals surface area contributed by atoms with Gasteiger partial charge >= 0.3 is 0 Å². The van der Waals surface area contributed by atoms with Crippen LogP contribution in [0.3, 0.4) is 0 Å². The van der Waals surface area contributed by atoms with Crippen LogP contribution in [0.4, 0.5) is 0 Å². The number of hydrogen-bond acceptors (Lipinski definition) is 1. The van der Waals surface area contributed by atoms with Gasteiger partial charge in [-0.05, 0) is 44.8 Å². The van der Waals surface area contributed by atoms with Gasteiger partial charge in [0.1, 0.15) is 0 Å². The van der Waals surface area contributed by atoms with Gasteiger partial charge < -0.3 is 4.90 Å². The molecule has 0 amide bonds. The molecule has 1 heterocycles. The number of nitrogens with zero attached hydrogens (tertiary/aromatic N) is 1. The summed E-state index contributed by atoms with van der Waals surface area (Å²) >= 11 is 3.72. The Hall–Kier alpha value is 0.440. The third-order valence-corrected chi connectivity index (χ3v) is 5.01. The fourth-order valence-electron chi connectivity index (χ4n) is 2.97. The highest BCUT2D eigenvalue weighted by molar-refractivity contribution is 9.09. The van der Waals surface area contributed by atoms with Crippen LogP contribution in [0.1, 0.15) is 51.4 Å². The Kier molecular flexibility index (Phi) is 4.96. The highest BCUT2D eigenvalue weighted by Gasteiger charge is 2.18. The van der Waals surface area contributed by atoms with Crippen LogP contribution in [-0.4, -0.2) is 29.4 Å². The normalized spacial score (nSPS) is 27.0. The van der Waals surface area contributed by atoms with E-state index in [0.717, 1.165) is 10.7 Å². The Bertz CT molecular complexity index is 169. The molecular weight excluding hydrogens is 250 g/mol. The molecule has 0 bridgehead atoms. The van der Waals surface area contributed by atoms with Crippen LogP contribution in [0.5, 0.6) is 0 Å². The molecule has 1 aliphatic carbocycles. The van der Waals surface area contributed by atoms with Gasteiger partial charge in [0.05, 0.1) is 0 Å². The van der Waals surface area contributed by atoms with Gasteiger partial charge in [-0.15, -0.1) is 0 Å². The van der Waals surface area contributed by atoms with E-state index in [-0.39, 0.29) is 0 Å². The second-order valence-corrected chi connectivity index (χ2v) is 6.60. The molecule has 1 nitrogen and oxygen atoms in total. The van der Waals surface area contributed by atoms with E-state index in [1.165, 1.54) is 71.0 Å². The number of piperidine rings is 1. The average Bonchev–Trinajstić information content (AvgIpc) is 2.30. The minimum Gasteiger partial charge on any atom is -0.303 e. The van der Waals surface area contributed by atoms with Gasteiger partial charge in [0.25, 0.3) is 0 Å². The van der Waals surface area contributed by atoms with Crippen molar-refractivity contribution in [3.05, 3.63) is 0 Å². The summed E-state index contributed by atoms with van der Waals surface area (Å²) < 4.78 is 0. The van der Waals surface area contributed by atoms with Crippen LogP contribution in [-0.2, 0) is 0 Å². The van der Waals surface area contributed by atoms with E-state index in [1.807, 2.05) is 0 Å². The molecule has 0 radical (unpaired) electrons. The summed E-state index contributed by atoms with van der Waals surface area (Å²) in [4.78, 5) is 3.47. The van der Waals surface area contributed by atoms with E-state index in [9.17, 15) is 0 Å². The smallest absolute Gasteiger partial charge is 0.0170 e. The Labute approximate surface area is 103 Å². The molecule has 0 N–H and O–H groups in total. The molecule has 0 atom stereocenters. The lowest BCUT2D eigenvalue weighted by atomic mass is 9.87. The van der Waals surface area contributed by atoms with E-state index in [1.54, 1.807) is 0 Å². The van der Waals surface area contributed by atoms with E-state index < -0.39 is 0 Å². The van der Waals surface area contributed by atoms with Crippen molar-refractivity contribution in [1.29, 1.82) is 0 Å². The highest BCUT2D eigenvalue weighted by atomic mass is 79.9. The molecule has 15 heavy (non-hydrogen) atoms. The molecule has 88 valence electrons. The summed E-state index contributed by atoms with van der Waals surface area (Å²) in [5.74, 6) is 1.06. The number of rotatable bonds is 3. The zero-order valence-corrected chi connectivity index (χ0v) is 11.3. The number of likely N-dealkylation sites (tertiary alicyclic amines) is 1. The molecular formula is C13H24BrN. The van der Waals surface area contributed by atoms with Crippen molar-refractivity contribution in [3.63, 3.8) is 0 Å². The van der Waals surface area contributed by atoms with Crippen molar-refractivity contribution in [2.24, 2.45) is 5.92 Å². The molecule has 2 aliphatic rings. The first-order valence-electron chi connectivity index (χ1n) is 6.71. The standard InChI is InChI=1S/C13H24BrN/c14-13-7-10-15(11-8-13)9-6-12-4-2-1-3-5-12/h12-13H,1-11H2. The van der Waals surface area contributed by atoms with Gasteiger partial charge in [-0.2, -0.15) is 0 Å². The minimum atomic E-state index is 0.795. The average molecular weight is 274 g/mol. The van der Waals surface area contributed by atoms with Crippen LogP contribution < -0.4 is 0 Å². The van der Waals surface area contributed by atoms with Crippen LogP contribution in [0, 0.1) is 5.92 Å². The number of alkyl halides is 1. The Morgan fingerprint density at radius 2 is 1.60 bits per heavy atom. The molecule has 0 aromatic rings. The van der Waals surface area contributed by atoms with Crippen molar-refractivity contribution in [2.45, 2.75) is 56.2 Å². The van der Waals surface area contributed by atoms with Crippen LogP contribution >= 0.6 is 15.9 Å². The SMILES string of the molecule is BrC1CCN(CCC2CCCCC2)CC1. The van der Waals surface area contributed by atoms with Crippen LogP contribution in [0.2, 0.25) is 0 Å². The molecule has 0 aromatic heterocycles. The van der Waals surface area contributed by atoms with Crippen LogP contribution in [0.25, 0.3) is 0 Å². The van der Waals surface area contributed by atoms with Gasteiger partial charge in [-0.3, -0.25) is 0 Å². The second-order valence-electron chi connectivity index (χ2n) is 5.31. The van der Waals surface area contributed by atoms with Crippen LogP contribution in [0.15, 0.2) is 0 Å². The summed E-state index contributed by atoms with van der Waals surface area (Å²) in [6.45, 7) is 4.01. The predicted molar refractivity (Wildman–Crippen MR) is 69.6 cm³/mol. The summed E-state index contributed by atoms with van der Waals surface area (Å²) in [7, 11) is 0. The van der Waals surface area contributed by atoms with Crippen molar-refractivity contribution < 1.29 is 0 Å². The lowest BCUT2D eigenvalue weighted by Crippen LogP contribution is -2.35. The first-order valence-corrected chi connectivity index (χ1v) is 7.62. The molecule has 0 spiro atoms. The zero-order valence-electron chi connectivity index (χ0n) is 9.76. The molecule has 1 saturated carbocycles. The molecule has 1 aliphatic heterocycles. The molecule has 0 aromatic carbocycles. The third kappa shape index (κ3) is 4.07. The van der Waals surface area contributed by atoms with Crippen molar-refractivity contribution in [1.82, 2.24) is 4.90 Å². The zero-order chi connectivity index (χ0) is 10.5. The molecule has 2 heteroatoms. The lowest BCUT2D eigenvalue weighted by Gasteiger charge is -2.31. The maximum atomic E-state index is 3.72. The van der Waals surface area contributed by atoms with Crippen molar-refractivity contribution >= 4 is 15.9 Å². The van der Waals surface area contributed by atoms with E-state index in [2.05, 4.69) is 20.8 Å². The summed E-state index contributed by atoms with van der Waals surface area (Å²) in [5.41, 5.74) is 0. The maximum Gasteiger partial charge on any atom is 0.0170 e. The first kappa shape index (κ1) is 11.9. The minimum absolute atomic E-state index is 0.795. The van der Waals surface area contributed by atoms with Gasteiger partial charge in [-0.1, -0.05) is 48.0 Å². The molecule has 2 fully saturated rings. The topological polar surface area (TPSA) is 3.24 Å². The van der Waals surface area contributed by atoms with Gasteiger partial charge in [0.2, 0.25) is 0 Å². The van der Waals surface area contributed by atoms with E-state index >= 15 is 0 Å². The number of hydrogen-bond donors (Lipinski definition) is 0. The van der Waals surface area contributed by atoms with E-state index in [0.29, 0.717) is 0 Å². The lowest BCUT2D eigenvalue weighted by molar-refractivity contribution is 0.205.